The van der Waals surface area contributed by atoms with E-state index in [-0.39, 0.29) is 0 Å². The molecule has 9 heteroatoms. The second kappa shape index (κ2) is 9.90. The fourth-order valence-corrected chi connectivity index (χ4v) is 4.17. The average molecular weight is 477 g/mol. The van der Waals surface area contributed by atoms with Crippen molar-refractivity contribution in [2.45, 2.75) is 25.2 Å². The summed E-state index contributed by atoms with van der Waals surface area (Å²) in [7, 11) is 1.98. The van der Waals surface area contributed by atoms with Crippen LogP contribution in [0.2, 0.25) is 0 Å². The van der Waals surface area contributed by atoms with Crippen molar-refractivity contribution in [3.63, 3.8) is 0 Å². The average Bonchev–Trinajstić information content (AvgIpc) is 3.33. The van der Waals surface area contributed by atoms with E-state index in [0.717, 1.165) is 17.4 Å². The van der Waals surface area contributed by atoms with Crippen LogP contribution in [0.5, 0.6) is 0 Å². The zero-order chi connectivity index (χ0) is 21.7. The number of hydrogen-bond donors (Lipinski definition) is 3. The molecule has 1 aromatic carbocycles. The summed E-state index contributed by atoms with van der Waals surface area (Å²) in [6.07, 6.45) is 9.90. The van der Waals surface area contributed by atoms with Gasteiger partial charge in [0.15, 0.2) is 0 Å². The molecule has 1 aliphatic rings. The first kappa shape index (κ1) is 22.0. The second-order valence-corrected chi connectivity index (χ2v) is 8.35. The molecule has 1 fully saturated rings. The fourth-order valence-electron chi connectivity index (χ4n) is 3.81. The van der Waals surface area contributed by atoms with Crippen molar-refractivity contribution in [3.8, 4) is 0 Å². The normalized spacial score (nSPS) is 15.0. The summed E-state index contributed by atoms with van der Waals surface area (Å²) in [5.41, 5.74) is 4.06. The molecule has 3 N–H and O–H groups in total. The van der Waals surface area contributed by atoms with Crippen LogP contribution in [0.3, 0.4) is 0 Å². The van der Waals surface area contributed by atoms with Crippen molar-refractivity contribution in [3.05, 3.63) is 52.4 Å². The van der Waals surface area contributed by atoms with Crippen LogP contribution in [0, 0.1) is 0 Å². The third kappa shape index (κ3) is 5.70. The fraction of sp³-hybridized carbons (Fsp3) is 0.381. The molecule has 0 bridgehead atoms. The van der Waals surface area contributed by atoms with Gasteiger partial charge in [-0.05, 0) is 67.6 Å². The standard InChI is InChI=1S/C19H23BrN4.C2H2O4/c1-23-13-14(11-22-23)4-7-24-8-5-15(6-9-24)18-12-21-19-3-2-16(20)10-17(18)19;3-1(4)2(5)6/h2-3,10-13,15,21H,4-9H2,1H3;(H,3,4)(H,5,6). The van der Waals surface area contributed by atoms with E-state index in [4.69, 9.17) is 19.8 Å². The number of rotatable bonds is 4. The number of hydrogen-bond acceptors (Lipinski definition) is 4. The first-order valence-corrected chi connectivity index (χ1v) is 10.6. The van der Waals surface area contributed by atoms with E-state index in [0.29, 0.717) is 5.92 Å². The molecule has 2 aromatic heterocycles. The Morgan fingerprint density at radius 1 is 1.23 bits per heavy atom. The lowest BCUT2D eigenvalue weighted by molar-refractivity contribution is -0.159. The van der Waals surface area contributed by atoms with Gasteiger partial charge in [-0.3, -0.25) is 4.68 Å². The lowest BCUT2D eigenvalue weighted by atomic mass is 9.89. The Balaban J connectivity index is 0.000000377. The van der Waals surface area contributed by atoms with Crippen LogP contribution in [0.15, 0.2) is 41.3 Å². The van der Waals surface area contributed by atoms with E-state index < -0.39 is 11.9 Å². The second-order valence-electron chi connectivity index (χ2n) is 7.43. The molecule has 0 atom stereocenters. The molecule has 30 heavy (non-hydrogen) atoms. The molecule has 4 rings (SSSR count). The molecule has 3 heterocycles. The minimum Gasteiger partial charge on any atom is -0.473 e. The quantitative estimate of drug-likeness (QED) is 0.498. The first-order chi connectivity index (χ1) is 14.3. The number of carboxylic acid groups (broad SMARTS) is 2. The minimum atomic E-state index is -1.82. The number of nitrogens with zero attached hydrogens (tertiary/aromatic N) is 3. The number of piperidine rings is 1. The number of aromatic nitrogens is 3. The summed E-state index contributed by atoms with van der Waals surface area (Å²) < 4.78 is 3.04. The van der Waals surface area contributed by atoms with Gasteiger partial charge in [0.1, 0.15) is 0 Å². The zero-order valence-corrected chi connectivity index (χ0v) is 18.3. The minimum absolute atomic E-state index is 0.669. The predicted octanol–water partition coefficient (Wildman–Crippen LogP) is 3.24. The lowest BCUT2D eigenvalue weighted by Gasteiger charge is -2.31. The number of carbonyl (C=O) groups is 2. The van der Waals surface area contributed by atoms with Gasteiger partial charge >= 0.3 is 11.9 Å². The van der Waals surface area contributed by atoms with E-state index >= 15 is 0 Å². The molecular weight excluding hydrogens is 452 g/mol. The van der Waals surface area contributed by atoms with Crippen molar-refractivity contribution < 1.29 is 19.8 Å². The molecule has 0 spiro atoms. The van der Waals surface area contributed by atoms with Gasteiger partial charge in [-0.1, -0.05) is 15.9 Å². The highest BCUT2D eigenvalue weighted by Gasteiger charge is 2.22. The highest BCUT2D eigenvalue weighted by molar-refractivity contribution is 9.10. The van der Waals surface area contributed by atoms with Gasteiger partial charge in [0.2, 0.25) is 0 Å². The maximum Gasteiger partial charge on any atom is 0.414 e. The number of likely N-dealkylation sites (tertiary alicyclic amines) is 1. The van der Waals surface area contributed by atoms with Gasteiger partial charge in [0.05, 0.1) is 6.20 Å². The number of nitrogens with one attached hydrogen (secondary N) is 1. The predicted molar refractivity (Wildman–Crippen MR) is 117 cm³/mol. The van der Waals surface area contributed by atoms with Crippen LogP contribution >= 0.6 is 15.9 Å². The molecule has 0 unspecified atom stereocenters. The molecule has 0 radical (unpaired) electrons. The third-order valence-electron chi connectivity index (χ3n) is 5.36. The van der Waals surface area contributed by atoms with Crippen molar-refractivity contribution in [1.29, 1.82) is 0 Å². The van der Waals surface area contributed by atoms with Crippen molar-refractivity contribution in [2.75, 3.05) is 19.6 Å². The van der Waals surface area contributed by atoms with E-state index in [1.54, 1.807) is 0 Å². The van der Waals surface area contributed by atoms with Crippen LogP contribution in [-0.4, -0.2) is 61.5 Å². The lowest BCUT2D eigenvalue weighted by Crippen LogP contribution is -2.34. The number of aryl methyl sites for hydroxylation is 1. The summed E-state index contributed by atoms with van der Waals surface area (Å²) in [5, 5.41) is 20.4. The molecule has 1 saturated heterocycles. The molecular formula is C21H25BrN4O4. The highest BCUT2D eigenvalue weighted by atomic mass is 79.9. The van der Waals surface area contributed by atoms with Crippen molar-refractivity contribution >= 4 is 38.8 Å². The van der Waals surface area contributed by atoms with Crippen LogP contribution < -0.4 is 0 Å². The van der Waals surface area contributed by atoms with Gasteiger partial charge in [0, 0.05) is 41.4 Å². The maximum atomic E-state index is 9.10. The SMILES string of the molecule is Cn1cc(CCN2CCC(c3c[nH]c4ccc(Br)cc34)CC2)cn1.O=C(O)C(=O)O. The molecule has 0 aliphatic carbocycles. The molecule has 8 nitrogen and oxygen atoms in total. The van der Waals surface area contributed by atoms with Crippen molar-refractivity contribution in [2.24, 2.45) is 7.05 Å². The number of aliphatic carboxylic acids is 2. The summed E-state index contributed by atoms with van der Waals surface area (Å²) in [6.45, 7) is 3.51. The van der Waals surface area contributed by atoms with Gasteiger partial charge in [-0.15, -0.1) is 0 Å². The van der Waals surface area contributed by atoms with Gasteiger partial charge in [-0.2, -0.15) is 5.10 Å². The number of halogens is 1. The van der Waals surface area contributed by atoms with Crippen LogP contribution in [0.25, 0.3) is 10.9 Å². The number of carboxylic acids is 2. The number of fused-ring (bicyclic) bond motifs is 1. The Kier molecular flexibility index (Phi) is 7.28. The van der Waals surface area contributed by atoms with E-state index in [2.05, 4.69) is 61.5 Å². The smallest absolute Gasteiger partial charge is 0.414 e. The van der Waals surface area contributed by atoms with Gasteiger partial charge < -0.3 is 20.1 Å². The molecule has 1 aliphatic heterocycles. The Hall–Kier alpha value is -2.65. The number of benzene rings is 1. The van der Waals surface area contributed by atoms with E-state index in [1.165, 1.54) is 48.0 Å². The van der Waals surface area contributed by atoms with Crippen LogP contribution in [0.1, 0.15) is 29.9 Å². The summed E-state index contributed by atoms with van der Waals surface area (Å²) in [6, 6.07) is 6.51. The van der Waals surface area contributed by atoms with Crippen molar-refractivity contribution in [1.82, 2.24) is 19.7 Å². The molecule has 0 amide bonds. The van der Waals surface area contributed by atoms with E-state index in [9.17, 15) is 0 Å². The monoisotopic (exact) mass is 476 g/mol. The van der Waals surface area contributed by atoms with Crippen LogP contribution in [0.4, 0.5) is 0 Å². The highest BCUT2D eigenvalue weighted by Crippen LogP contribution is 2.34. The van der Waals surface area contributed by atoms with E-state index in [1.807, 2.05) is 17.9 Å². The Labute approximate surface area is 182 Å². The first-order valence-electron chi connectivity index (χ1n) is 9.76. The Bertz CT molecular complexity index is 1010. The summed E-state index contributed by atoms with van der Waals surface area (Å²) in [4.78, 5) is 24.2. The Morgan fingerprint density at radius 3 is 2.53 bits per heavy atom. The number of H-pyrrole nitrogens is 1. The van der Waals surface area contributed by atoms with Gasteiger partial charge in [0.25, 0.3) is 0 Å². The third-order valence-corrected chi connectivity index (χ3v) is 5.85. The summed E-state index contributed by atoms with van der Waals surface area (Å²) in [5.74, 6) is -2.98. The maximum absolute atomic E-state index is 9.10. The molecule has 3 aromatic rings. The Morgan fingerprint density at radius 2 is 1.93 bits per heavy atom. The molecule has 160 valence electrons. The number of aromatic amines is 1. The van der Waals surface area contributed by atoms with Gasteiger partial charge in [-0.25, -0.2) is 9.59 Å². The van der Waals surface area contributed by atoms with Crippen LogP contribution in [-0.2, 0) is 23.1 Å². The molecule has 0 saturated carbocycles. The summed E-state index contributed by atoms with van der Waals surface area (Å²) >= 11 is 3.60. The largest absolute Gasteiger partial charge is 0.473 e. The topological polar surface area (TPSA) is 111 Å². The zero-order valence-electron chi connectivity index (χ0n) is 16.7.